The molecule has 4 aliphatic rings. The molecule has 5 rings (SSSR count). The van der Waals surface area contributed by atoms with E-state index in [4.69, 9.17) is 4.74 Å². The Labute approximate surface area is 199 Å². The zero-order valence-corrected chi connectivity index (χ0v) is 20.0. The number of carbonyl (C=O) groups excluding carboxylic acids is 2. The number of imide groups is 1. The molecule has 8 heteroatoms. The summed E-state index contributed by atoms with van der Waals surface area (Å²) in [5, 5.41) is 6.53. The molecule has 1 saturated carbocycles. The van der Waals surface area contributed by atoms with Gasteiger partial charge in [0, 0.05) is 33.1 Å². The third-order valence-electron chi connectivity index (χ3n) is 6.87. The van der Waals surface area contributed by atoms with Gasteiger partial charge in [0.2, 0.25) is 11.8 Å². The van der Waals surface area contributed by atoms with Crippen LogP contribution < -0.4 is 15.4 Å². The van der Waals surface area contributed by atoms with Crippen LogP contribution in [0.5, 0.6) is 5.75 Å². The van der Waals surface area contributed by atoms with Gasteiger partial charge in [-0.3, -0.25) is 19.5 Å². The van der Waals surface area contributed by atoms with Gasteiger partial charge in [0.05, 0.1) is 18.4 Å². The predicted octanol–water partition coefficient (Wildman–Crippen LogP) is 1.75. The van der Waals surface area contributed by atoms with E-state index in [1.807, 2.05) is 6.07 Å². The lowest BCUT2D eigenvalue weighted by Crippen LogP contribution is -2.44. The summed E-state index contributed by atoms with van der Waals surface area (Å²) in [5.74, 6) is 1.97. The number of hydrogen-bond donors (Lipinski definition) is 2. The molecule has 1 saturated heterocycles. The largest absolute Gasteiger partial charge is 0.493 e. The molecule has 0 aromatic heterocycles. The fourth-order valence-electron chi connectivity index (χ4n) is 5.41. The van der Waals surface area contributed by atoms with Gasteiger partial charge in [0.25, 0.3) is 0 Å². The van der Waals surface area contributed by atoms with Crippen LogP contribution in [0.15, 0.2) is 35.3 Å². The number of benzene rings is 1. The lowest BCUT2D eigenvalue weighted by molar-refractivity contribution is -0.140. The smallest absolute Gasteiger partial charge is 0.233 e. The molecule has 1 aromatic carbocycles. The van der Waals surface area contributed by atoms with Crippen LogP contribution in [-0.2, 0) is 22.4 Å². The Balaban J connectivity index is 0.00000231. The lowest BCUT2D eigenvalue weighted by Gasteiger charge is -2.18. The molecular weight excluding hydrogens is 507 g/mol. The van der Waals surface area contributed by atoms with Gasteiger partial charge in [-0.1, -0.05) is 24.3 Å². The summed E-state index contributed by atoms with van der Waals surface area (Å²) in [6.45, 7) is 2.40. The van der Waals surface area contributed by atoms with Crippen LogP contribution in [0.25, 0.3) is 0 Å². The number of carbonyl (C=O) groups is 2. The minimum absolute atomic E-state index is 0. The fraction of sp³-hybridized carbons (Fsp3) is 0.522. The number of amides is 2. The van der Waals surface area contributed by atoms with Crippen molar-refractivity contribution in [3.05, 3.63) is 41.5 Å². The van der Waals surface area contributed by atoms with Crippen molar-refractivity contribution in [3.8, 4) is 5.75 Å². The molecule has 2 heterocycles. The summed E-state index contributed by atoms with van der Waals surface area (Å²) in [6, 6.07) is 6.36. The minimum Gasteiger partial charge on any atom is -0.493 e. The number of aliphatic imine (C=N–C) groups is 1. The van der Waals surface area contributed by atoms with Crippen molar-refractivity contribution in [1.82, 2.24) is 15.5 Å². The average molecular weight is 536 g/mol. The zero-order chi connectivity index (χ0) is 20.7. The third-order valence-corrected chi connectivity index (χ3v) is 6.87. The molecule has 2 fully saturated rings. The molecule has 0 spiro atoms. The minimum atomic E-state index is -0.123. The molecule has 2 aliphatic carbocycles. The van der Waals surface area contributed by atoms with Crippen molar-refractivity contribution >= 4 is 41.8 Å². The Hall–Kier alpha value is -2.10. The number of halogens is 1. The van der Waals surface area contributed by atoms with E-state index in [-0.39, 0.29) is 59.5 Å². The van der Waals surface area contributed by atoms with Crippen LogP contribution in [0.2, 0.25) is 0 Å². The van der Waals surface area contributed by atoms with Crippen molar-refractivity contribution in [3.63, 3.8) is 0 Å². The van der Waals surface area contributed by atoms with Crippen LogP contribution in [0, 0.1) is 23.7 Å². The summed E-state index contributed by atoms with van der Waals surface area (Å²) in [4.78, 5) is 31.2. The Morgan fingerprint density at radius 3 is 2.55 bits per heavy atom. The van der Waals surface area contributed by atoms with Gasteiger partial charge in [0.15, 0.2) is 5.96 Å². The number of likely N-dealkylation sites (tertiary alicyclic amines) is 1. The first-order valence-electron chi connectivity index (χ1n) is 10.9. The standard InChI is InChI=1S/C23H28N4O3.HI/c1-24-23(25-8-6-14-2-5-18-15(12-14)7-11-30-18)26-9-10-27-21(28)19-16-3-4-17(13-16)20(19)22(27)29;/h2-5,12,16-17,19-20H,6-11,13H2,1H3,(H2,24,25,26);1H. The number of ether oxygens (including phenoxy) is 1. The van der Waals surface area contributed by atoms with Gasteiger partial charge >= 0.3 is 0 Å². The highest BCUT2D eigenvalue weighted by molar-refractivity contribution is 14.0. The molecule has 2 N–H and O–H groups in total. The van der Waals surface area contributed by atoms with Crippen LogP contribution in [0.1, 0.15) is 17.5 Å². The van der Waals surface area contributed by atoms with E-state index in [1.165, 1.54) is 16.0 Å². The van der Waals surface area contributed by atoms with E-state index < -0.39 is 0 Å². The number of rotatable bonds is 6. The number of allylic oxidation sites excluding steroid dienone is 2. The van der Waals surface area contributed by atoms with Gasteiger partial charge < -0.3 is 15.4 Å². The monoisotopic (exact) mass is 536 g/mol. The van der Waals surface area contributed by atoms with Crippen LogP contribution in [0.3, 0.4) is 0 Å². The topological polar surface area (TPSA) is 83.0 Å². The summed E-state index contributed by atoms with van der Waals surface area (Å²) < 4.78 is 5.55. The maximum Gasteiger partial charge on any atom is 0.233 e. The highest BCUT2D eigenvalue weighted by atomic mass is 127. The Kier molecular flexibility index (Phi) is 6.55. The Morgan fingerprint density at radius 1 is 1.13 bits per heavy atom. The lowest BCUT2D eigenvalue weighted by atomic mass is 9.85. The van der Waals surface area contributed by atoms with E-state index in [1.54, 1.807) is 7.05 Å². The van der Waals surface area contributed by atoms with E-state index in [2.05, 4.69) is 39.9 Å². The fourth-order valence-corrected chi connectivity index (χ4v) is 5.41. The Morgan fingerprint density at radius 2 is 1.84 bits per heavy atom. The van der Waals surface area contributed by atoms with E-state index >= 15 is 0 Å². The van der Waals surface area contributed by atoms with Crippen molar-refractivity contribution in [2.24, 2.45) is 28.7 Å². The van der Waals surface area contributed by atoms with E-state index in [0.717, 1.165) is 38.2 Å². The average Bonchev–Trinajstić information content (AvgIpc) is 3.52. The quantitative estimate of drug-likeness (QED) is 0.191. The van der Waals surface area contributed by atoms with Gasteiger partial charge in [-0.05, 0) is 41.9 Å². The second kappa shape index (κ2) is 9.18. The zero-order valence-electron chi connectivity index (χ0n) is 17.7. The number of nitrogens with one attached hydrogen (secondary N) is 2. The molecule has 2 aliphatic heterocycles. The van der Waals surface area contributed by atoms with Crippen molar-refractivity contribution in [1.29, 1.82) is 0 Å². The molecule has 4 atom stereocenters. The maximum absolute atomic E-state index is 12.7. The molecular formula is C23H29IN4O3. The molecule has 2 bridgehead atoms. The molecule has 4 unspecified atom stereocenters. The number of fused-ring (bicyclic) bond motifs is 6. The van der Waals surface area contributed by atoms with Gasteiger partial charge in [-0.2, -0.15) is 0 Å². The van der Waals surface area contributed by atoms with E-state index in [0.29, 0.717) is 19.0 Å². The molecule has 2 amide bonds. The van der Waals surface area contributed by atoms with Crippen LogP contribution in [0.4, 0.5) is 0 Å². The van der Waals surface area contributed by atoms with Crippen LogP contribution >= 0.6 is 24.0 Å². The van der Waals surface area contributed by atoms with Crippen molar-refractivity contribution in [2.45, 2.75) is 19.3 Å². The molecule has 7 nitrogen and oxygen atoms in total. The van der Waals surface area contributed by atoms with Crippen molar-refractivity contribution < 1.29 is 14.3 Å². The first-order chi connectivity index (χ1) is 14.7. The molecule has 166 valence electrons. The van der Waals surface area contributed by atoms with Crippen LogP contribution in [-0.4, -0.2) is 56.0 Å². The summed E-state index contributed by atoms with van der Waals surface area (Å²) in [6.07, 6.45) is 7.08. The SMILES string of the molecule is CN=C(NCCc1ccc2c(c1)CCO2)NCCN1C(=O)C2C3C=CC(C3)C2C1=O.I. The summed E-state index contributed by atoms with van der Waals surface area (Å²) >= 11 is 0. The normalized spacial score (nSPS) is 27.8. The highest BCUT2D eigenvalue weighted by Crippen LogP contribution is 2.52. The van der Waals surface area contributed by atoms with Gasteiger partial charge in [-0.15, -0.1) is 24.0 Å². The van der Waals surface area contributed by atoms with Gasteiger partial charge in [0.1, 0.15) is 5.75 Å². The summed E-state index contributed by atoms with van der Waals surface area (Å²) in [5.41, 5.74) is 2.55. The second-order valence-electron chi connectivity index (χ2n) is 8.54. The molecule has 0 radical (unpaired) electrons. The van der Waals surface area contributed by atoms with Crippen molar-refractivity contribution in [2.75, 3.05) is 33.3 Å². The predicted molar refractivity (Wildman–Crippen MR) is 129 cm³/mol. The van der Waals surface area contributed by atoms with Gasteiger partial charge in [-0.25, -0.2) is 0 Å². The first-order valence-corrected chi connectivity index (χ1v) is 10.9. The highest BCUT2D eigenvalue weighted by Gasteiger charge is 2.58. The number of hydrogen-bond acceptors (Lipinski definition) is 4. The second-order valence-corrected chi connectivity index (χ2v) is 8.54. The first kappa shape index (κ1) is 22.1. The third kappa shape index (κ3) is 4.06. The number of nitrogens with zero attached hydrogens (tertiary/aromatic N) is 2. The Bertz CT molecular complexity index is 901. The maximum atomic E-state index is 12.7. The summed E-state index contributed by atoms with van der Waals surface area (Å²) in [7, 11) is 1.72. The number of guanidine groups is 1. The van der Waals surface area contributed by atoms with E-state index in [9.17, 15) is 9.59 Å². The molecule has 1 aromatic rings. The molecule has 31 heavy (non-hydrogen) atoms.